The van der Waals surface area contributed by atoms with Crippen molar-refractivity contribution in [3.05, 3.63) is 75.7 Å². The molecule has 3 aromatic rings. The van der Waals surface area contributed by atoms with Gasteiger partial charge in [-0.1, -0.05) is 36.4 Å². The van der Waals surface area contributed by atoms with E-state index in [4.69, 9.17) is 0 Å². The molecule has 0 saturated heterocycles. The molecular weight excluding hydrogens is 435 g/mol. The summed E-state index contributed by atoms with van der Waals surface area (Å²) in [6.07, 6.45) is 6.06. The van der Waals surface area contributed by atoms with Gasteiger partial charge in [-0.3, -0.25) is 4.79 Å². The van der Waals surface area contributed by atoms with Crippen LogP contribution in [0, 0.1) is 6.92 Å². The summed E-state index contributed by atoms with van der Waals surface area (Å²) >= 11 is 3.05. The van der Waals surface area contributed by atoms with Gasteiger partial charge in [0.2, 0.25) is 0 Å². The molecule has 0 bridgehead atoms. The molecule has 32 heavy (non-hydrogen) atoms. The number of nitrogens with one attached hydrogen (secondary N) is 1. The summed E-state index contributed by atoms with van der Waals surface area (Å²) in [7, 11) is 0. The zero-order valence-corrected chi connectivity index (χ0v) is 20.0. The number of hydrogen-bond acceptors (Lipinski definition) is 6. The molecule has 0 aliphatic rings. The summed E-state index contributed by atoms with van der Waals surface area (Å²) in [6.45, 7) is 1.98. The van der Waals surface area contributed by atoms with Crippen molar-refractivity contribution in [1.82, 2.24) is 10.3 Å². The van der Waals surface area contributed by atoms with Crippen molar-refractivity contribution in [2.45, 2.75) is 19.4 Å². The molecule has 1 unspecified atom stereocenters. The number of carbonyl (C=O) groups is 2. The van der Waals surface area contributed by atoms with Crippen LogP contribution < -0.4 is 29.3 Å². The van der Waals surface area contributed by atoms with Gasteiger partial charge in [0.15, 0.2) is 0 Å². The summed E-state index contributed by atoms with van der Waals surface area (Å²) in [5.74, 6) is -1.09. The predicted molar refractivity (Wildman–Crippen MR) is 127 cm³/mol. The van der Waals surface area contributed by atoms with Crippen molar-refractivity contribution in [3.8, 4) is 11.1 Å². The van der Waals surface area contributed by atoms with Crippen LogP contribution in [0.4, 0.5) is 0 Å². The molecule has 0 saturated carbocycles. The Morgan fingerprint density at radius 2 is 1.97 bits per heavy atom. The Hall–Kier alpha value is -2.30. The van der Waals surface area contributed by atoms with Gasteiger partial charge in [0.1, 0.15) is 0 Å². The Morgan fingerprint density at radius 3 is 2.62 bits per heavy atom. The van der Waals surface area contributed by atoms with Crippen LogP contribution in [0.3, 0.4) is 0 Å². The quantitative estimate of drug-likeness (QED) is 0.482. The molecule has 0 aliphatic carbocycles. The molecule has 8 heteroatoms. The first-order valence-corrected chi connectivity index (χ1v) is 12.1. The van der Waals surface area contributed by atoms with Crippen LogP contribution in [0.25, 0.3) is 23.3 Å². The number of carboxylic acid groups (broad SMARTS) is 1. The Labute approximate surface area is 208 Å². The number of aryl methyl sites for hydroxylation is 1. The predicted octanol–water partition coefficient (Wildman–Crippen LogP) is 0.894. The zero-order valence-electron chi connectivity index (χ0n) is 18.3. The average molecular weight is 459 g/mol. The fourth-order valence-corrected chi connectivity index (χ4v) is 4.16. The Balaban J connectivity index is 0.00000363. The van der Waals surface area contributed by atoms with Gasteiger partial charge in [0, 0.05) is 10.9 Å². The van der Waals surface area contributed by atoms with E-state index >= 15 is 0 Å². The van der Waals surface area contributed by atoms with E-state index in [9.17, 15) is 14.7 Å². The molecule has 0 spiro atoms. The first kappa shape index (κ1) is 26.0. The van der Waals surface area contributed by atoms with Gasteiger partial charge >= 0.3 is 18.9 Å². The topological polar surface area (TPSA) is 82.1 Å². The maximum atomic E-state index is 13.0. The summed E-state index contributed by atoms with van der Waals surface area (Å²) in [6, 6.07) is 12.3. The summed E-state index contributed by atoms with van der Waals surface area (Å²) in [4.78, 5) is 28.8. The van der Waals surface area contributed by atoms with Gasteiger partial charge in [-0.15, -0.1) is 11.3 Å². The summed E-state index contributed by atoms with van der Waals surface area (Å²) < 4.78 is 0. The van der Waals surface area contributed by atoms with E-state index in [1.807, 2.05) is 67.1 Å². The number of aromatic nitrogens is 1. The maximum absolute atomic E-state index is 13.0. The molecule has 1 heterocycles. The third-order valence-electron chi connectivity index (χ3n) is 4.82. The maximum Gasteiger partial charge on any atom is 1.00 e. The zero-order chi connectivity index (χ0) is 22.2. The van der Waals surface area contributed by atoms with Crippen LogP contribution in [0.1, 0.15) is 33.6 Å². The van der Waals surface area contributed by atoms with Gasteiger partial charge in [-0.2, -0.15) is 11.8 Å². The van der Waals surface area contributed by atoms with Crippen molar-refractivity contribution in [2.24, 2.45) is 0 Å². The molecule has 1 N–H and O–H groups in total. The molecule has 1 amide bonds. The molecule has 2 aromatic carbocycles. The largest absolute Gasteiger partial charge is 1.00 e. The van der Waals surface area contributed by atoms with Gasteiger partial charge in [-0.05, 0) is 65.8 Å². The number of carboxylic acids is 1. The number of aliphatic carboxylic acids is 1. The number of thiazole rings is 1. The first-order valence-electron chi connectivity index (χ1n) is 9.76. The number of carbonyl (C=O) groups excluding carboxylic acids is 2. The second-order valence-corrected chi connectivity index (χ2v) is 8.70. The number of nitrogens with zero attached hydrogens (tertiary/aromatic N) is 1. The molecule has 0 fully saturated rings. The normalized spacial score (nSPS) is 11.7. The van der Waals surface area contributed by atoms with E-state index < -0.39 is 17.9 Å². The van der Waals surface area contributed by atoms with E-state index in [-0.39, 0.29) is 18.9 Å². The van der Waals surface area contributed by atoms with Crippen LogP contribution in [0.5, 0.6) is 0 Å². The van der Waals surface area contributed by atoms with E-state index in [0.29, 0.717) is 17.7 Å². The minimum Gasteiger partial charge on any atom is -0.548 e. The summed E-state index contributed by atoms with van der Waals surface area (Å²) in [5, 5.41) is 16.1. The van der Waals surface area contributed by atoms with Crippen molar-refractivity contribution in [3.63, 3.8) is 0 Å². The van der Waals surface area contributed by atoms with E-state index in [0.717, 1.165) is 27.9 Å². The second kappa shape index (κ2) is 12.7. The number of benzene rings is 2. The Morgan fingerprint density at radius 1 is 1.19 bits per heavy atom. The first-order chi connectivity index (χ1) is 15.0. The number of hydrogen-bond donors (Lipinski definition) is 1. The van der Waals surface area contributed by atoms with Crippen LogP contribution in [0.15, 0.2) is 53.4 Å². The molecular formula is C24H23LiN2O3S2. The van der Waals surface area contributed by atoms with Crippen molar-refractivity contribution in [2.75, 3.05) is 12.0 Å². The van der Waals surface area contributed by atoms with Crippen LogP contribution in [-0.4, -0.2) is 34.9 Å². The molecule has 5 nitrogen and oxygen atoms in total. The Kier molecular flexibility index (Phi) is 10.3. The average Bonchev–Trinajstić information content (AvgIpc) is 3.29. The SMILES string of the molecule is CSCCC(NC(=O)c1ccc(/C=C/c2cscn2)cc1-c1ccccc1C)C(=O)[O-].[Li+]. The van der Waals surface area contributed by atoms with Gasteiger partial charge < -0.3 is 15.2 Å². The third-order valence-corrected chi connectivity index (χ3v) is 6.07. The Bertz CT molecular complexity index is 1080. The monoisotopic (exact) mass is 458 g/mol. The number of thioether (sulfide) groups is 1. The van der Waals surface area contributed by atoms with Crippen LogP contribution in [-0.2, 0) is 4.79 Å². The molecule has 3 rings (SSSR count). The smallest absolute Gasteiger partial charge is 0.548 e. The van der Waals surface area contributed by atoms with Crippen molar-refractivity contribution < 1.29 is 33.6 Å². The third kappa shape index (κ3) is 6.85. The molecule has 0 radical (unpaired) electrons. The van der Waals surface area contributed by atoms with Gasteiger partial charge in [0.05, 0.1) is 23.2 Å². The molecule has 1 atom stereocenters. The van der Waals surface area contributed by atoms with E-state index in [1.165, 1.54) is 23.1 Å². The van der Waals surface area contributed by atoms with E-state index in [2.05, 4.69) is 10.3 Å². The molecule has 1 aromatic heterocycles. The molecule has 160 valence electrons. The fraction of sp³-hybridized carbons (Fsp3) is 0.208. The minimum atomic E-state index is -1.28. The van der Waals surface area contributed by atoms with Crippen LogP contribution in [0.2, 0.25) is 0 Å². The standard InChI is InChI=1S/C24H24N2O3S2.Li/c1-16-5-3-4-6-19(16)21-13-17(7-9-18-14-31-15-25-18)8-10-20(21)23(27)26-22(24(28)29)11-12-30-2;/h3-10,13-15,22H,11-12H2,1-2H3,(H,26,27)(H,28,29);/q;+1/p-1/b9-7+;. The minimum absolute atomic E-state index is 0. The fourth-order valence-electron chi connectivity index (χ4n) is 3.17. The van der Waals surface area contributed by atoms with Crippen LogP contribution >= 0.6 is 23.1 Å². The van der Waals surface area contributed by atoms with Gasteiger partial charge in [0.25, 0.3) is 5.91 Å². The van der Waals surface area contributed by atoms with Crippen molar-refractivity contribution in [1.29, 1.82) is 0 Å². The van der Waals surface area contributed by atoms with Gasteiger partial charge in [-0.25, -0.2) is 4.98 Å². The van der Waals surface area contributed by atoms with Crippen molar-refractivity contribution >= 4 is 47.1 Å². The summed E-state index contributed by atoms with van der Waals surface area (Å²) in [5.41, 5.74) is 6.68. The number of amides is 1. The molecule has 0 aliphatic heterocycles. The second-order valence-electron chi connectivity index (χ2n) is 6.99. The number of rotatable bonds is 9. The van der Waals surface area contributed by atoms with E-state index in [1.54, 1.807) is 11.6 Å².